The Hall–Kier alpha value is -0.780. The molecule has 0 saturated heterocycles. The Labute approximate surface area is 100 Å². The monoisotopic (exact) mass is 216 g/mol. The molecule has 16 heavy (non-hydrogen) atoms. The summed E-state index contributed by atoms with van der Waals surface area (Å²) in [4.78, 5) is 0. The van der Waals surface area contributed by atoms with Crippen LogP contribution in [0.25, 0.3) is 0 Å². The van der Waals surface area contributed by atoms with Crippen molar-refractivity contribution in [3.05, 3.63) is 33.4 Å². The fourth-order valence-corrected chi connectivity index (χ4v) is 3.50. The Morgan fingerprint density at radius 2 is 0.875 bits per heavy atom. The highest BCUT2D eigenvalue weighted by molar-refractivity contribution is 5.55. The fraction of sp³-hybridized carbons (Fsp3) is 0.625. The van der Waals surface area contributed by atoms with Crippen molar-refractivity contribution in [2.75, 3.05) is 0 Å². The molecule has 2 unspecified atom stereocenters. The molecule has 0 bridgehead atoms. The summed E-state index contributed by atoms with van der Waals surface area (Å²) in [6.45, 7) is 16.4. The van der Waals surface area contributed by atoms with E-state index in [0.29, 0.717) is 0 Å². The highest BCUT2D eigenvalue weighted by Crippen LogP contribution is 2.49. The molecular weight excluding hydrogens is 192 g/mol. The fourth-order valence-electron chi connectivity index (χ4n) is 3.50. The highest BCUT2D eigenvalue weighted by atomic mass is 14.4. The van der Waals surface area contributed by atoms with Crippen LogP contribution in [-0.2, 0) is 0 Å². The van der Waals surface area contributed by atoms with Crippen LogP contribution in [0.5, 0.6) is 0 Å². The molecule has 0 amide bonds. The summed E-state index contributed by atoms with van der Waals surface area (Å²) in [7, 11) is 0. The molecule has 0 aliphatic heterocycles. The maximum atomic E-state index is 2.40. The molecule has 0 heterocycles. The number of hydrogen-bond acceptors (Lipinski definition) is 0. The van der Waals surface area contributed by atoms with E-state index < -0.39 is 0 Å². The first-order valence-corrected chi connectivity index (χ1v) is 6.48. The van der Waals surface area contributed by atoms with Gasteiger partial charge in [-0.05, 0) is 78.8 Å². The van der Waals surface area contributed by atoms with Crippen molar-refractivity contribution in [3.8, 4) is 0 Å². The van der Waals surface area contributed by atoms with Crippen LogP contribution < -0.4 is 0 Å². The lowest BCUT2D eigenvalue weighted by Crippen LogP contribution is -2.02. The minimum atomic E-state index is 0.725. The topological polar surface area (TPSA) is 0 Å². The number of rotatable bonds is 0. The number of benzene rings is 1. The molecule has 0 aromatic heterocycles. The van der Waals surface area contributed by atoms with Gasteiger partial charge in [0.05, 0.1) is 0 Å². The average Bonchev–Trinajstić information content (AvgIpc) is 2.48. The first kappa shape index (κ1) is 11.7. The third kappa shape index (κ3) is 1.28. The van der Waals surface area contributed by atoms with Crippen molar-refractivity contribution < 1.29 is 0 Å². The van der Waals surface area contributed by atoms with Crippen LogP contribution in [0.2, 0.25) is 0 Å². The van der Waals surface area contributed by atoms with Gasteiger partial charge in [-0.1, -0.05) is 20.8 Å². The quantitative estimate of drug-likeness (QED) is 0.585. The summed E-state index contributed by atoms with van der Waals surface area (Å²) < 4.78 is 0. The second-order valence-corrected chi connectivity index (χ2v) is 5.76. The van der Waals surface area contributed by atoms with E-state index in [1.807, 2.05) is 0 Å². The summed E-state index contributed by atoms with van der Waals surface area (Å²) in [5, 5.41) is 0. The van der Waals surface area contributed by atoms with Gasteiger partial charge in [0.15, 0.2) is 0 Å². The molecule has 0 N–H and O–H groups in total. The smallest absolute Gasteiger partial charge is 0.0153 e. The molecule has 88 valence electrons. The summed E-state index contributed by atoms with van der Waals surface area (Å²) in [5.41, 5.74) is 9.40. The lowest BCUT2D eigenvalue weighted by atomic mass is 9.87. The van der Waals surface area contributed by atoms with Crippen LogP contribution in [0.3, 0.4) is 0 Å². The SMILES string of the molecule is Cc1c(C)c(C)c2c(c1C)C(C)C(C)C2C. The average molecular weight is 216 g/mol. The maximum Gasteiger partial charge on any atom is -0.0153 e. The lowest BCUT2D eigenvalue weighted by molar-refractivity contribution is 0.463. The first-order chi connectivity index (χ1) is 7.37. The molecule has 0 saturated carbocycles. The van der Waals surface area contributed by atoms with Crippen LogP contribution >= 0.6 is 0 Å². The molecule has 1 aliphatic carbocycles. The van der Waals surface area contributed by atoms with E-state index >= 15 is 0 Å². The van der Waals surface area contributed by atoms with Gasteiger partial charge in [-0.3, -0.25) is 0 Å². The van der Waals surface area contributed by atoms with Crippen LogP contribution in [0, 0.1) is 33.6 Å². The number of fused-ring (bicyclic) bond motifs is 1. The van der Waals surface area contributed by atoms with Crippen molar-refractivity contribution in [1.82, 2.24) is 0 Å². The van der Waals surface area contributed by atoms with Gasteiger partial charge in [-0.15, -0.1) is 0 Å². The maximum absolute atomic E-state index is 2.40. The summed E-state index contributed by atoms with van der Waals surface area (Å²) in [5.74, 6) is 2.24. The second-order valence-electron chi connectivity index (χ2n) is 5.76. The molecule has 1 aromatic rings. The van der Waals surface area contributed by atoms with E-state index in [1.54, 1.807) is 22.3 Å². The van der Waals surface area contributed by atoms with Gasteiger partial charge < -0.3 is 0 Å². The third-order valence-electron chi connectivity index (χ3n) is 5.27. The standard InChI is InChI=1S/C16H24/c1-8-9(2)12(5)16-14(7)10(3)13(6)15(16)11(8)4/h10,13-14H,1-7H3. The largest absolute Gasteiger partial charge is 0.0614 e. The predicted octanol–water partition coefficient (Wildman–Crippen LogP) is 4.78. The Morgan fingerprint density at radius 3 is 1.19 bits per heavy atom. The van der Waals surface area contributed by atoms with Gasteiger partial charge in [-0.2, -0.15) is 0 Å². The lowest BCUT2D eigenvalue weighted by Gasteiger charge is -2.18. The summed E-state index contributed by atoms with van der Waals surface area (Å²) in [6.07, 6.45) is 0. The zero-order valence-corrected chi connectivity index (χ0v) is 11.7. The van der Waals surface area contributed by atoms with E-state index in [2.05, 4.69) is 48.5 Å². The molecule has 2 atom stereocenters. The molecular formula is C16H24. The summed E-state index contributed by atoms with van der Waals surface area (Å²) in [6, 6.07) is 0. The Balaban J connectivity index is 2.80. The molecule has 1 aromatic carbocycles. The molecule has 0 spiro atoms. The molecule has 1 aliphatic rings. The van der Waals surface area contributed by atoms with Gasteiger partial charge in [0.2, 0.25) is 0 Å². The second kappa shape index (κ2) is 3.61. The van der Waals surface area contributed by atoms with Crippen molar-refractivity contribution in [2.24, 2.45) is 5.92 Å². The third-order valence-corrected chi connectivity index (χ3v) is 5.27. The number of hydrogen-bond donors (Lipinski definition) is 0. The Bertz CT molecular complexity index is 399. The van der Waals surface area contributed by atoms with Crippen molar-refractivity contribution in [1.29, 1.82) is 0 Å². The zero-order valence-electron chi connectivity index (χ0n) is 11.7. The molecule has 2 rings (SSSR count). The molecule has 0 nitrogen and oxygen atoms in total. The van der Waals surface area contributed by atoms with Crippen molar-refractivity contribution >= 4 is 0 Å². The van der Waals surface area contributed by atoms with Crippen LogP contribution in [0.1, 0.15) is 66.0 Å². The van der Waals surface area contributed by atoms with Crippen LogP contribution in [0.15, 0.2) is 0 Å². The van der Waals surface area contributed by atoms with Gasteiger partial charge in [0.25, 0.3) is 0 Å². The molecule has 0 fully saturated rings. The first-order valence-electron chi connectivity index (χ1n) is 6.48. The molecule has 0 heteroatoms. The molecule has 0 radical (unpaired) electrons. The highest BCUT2D eigenvalue weighted by Gasteiger charge is 2.35. The zero-order chi connectivity index (χ0) is 12.2. The van der Waals surface area contributed by atoms with E-state index in [0.717, 1.165) is 17.8 Å². The Kier molecular flexibility index (Phi) is 2.64. The van der Waals surface area contributed by atoms with Gasteiger partial charge >= 0.3 is 0 Å². The van der Waals surface area contributed by atoms with Gasteiger partial charge in [0, 0.05) is 0 Å². The van der Waals surface area contributed by atoms with E-state index in [4.69, 9.17) is 0 Å². The minimum Gasteiger partial charge on any atom is -0.0614 e. The minimum absolute atomic E-state index is 0.725. The van der Waals surface area contributed by atoms with E-state index in [1.165, 1.54) is 11.1 Å². The van der Waals surface area contributed by atoms with E-state index in [-0.39, 0.29) is 0 Å². The predicted molar refractivity (Wildman–Crippen MR) is 71.4 cm³/mol. The van der Waals surface area contributed by atoms with Gasteiger partial charge in [0.1, 0.15) is 0 Å². The summed E-state index contributed by atoms with van der Waals surface area (Å²) >= 11 is 0. The van der Waals surface area contributed by atoms with Crippen LogP contribution in [-0.4, -0.2) is 0 Å². The Morgan fingerprint density at radius 1 is 0.562 bits per heavy atom. The van der Waals surface area contributed by atoms with Crippen molar-refractivity contribution in [2.45, 2.75) is 60.3 Å². The van der Waals surface area contributed by atoms with Crippen LogP contribution in [0.4, 0.5) is 0 Å². The normalized spacial score (nSPS) is 28.3. The van der Waals surface area contributed by atoms with Crippen molar-refractivity contribution in [3.63, 3.8) is 0 Å². The van der Waals surface area contributed by atoms with Gasteiger partial charge in [-0.25, -0.2) is 0 Å². The van der Waals surface area contributed by atoms with E-state index in [9.17, 15) is 0 Å².